The van der Waals surface area contributed by atoms with Gasteiger partial charge >= 0.3 is 0 Å². The number of amides is 1. The van der Waals surface area contributed by atoms with Crippen molar-refractivity contribution in [3.05, 3.63) is 53.1 Å². The van der Waals surface area contributed by atoms with Crippen LogP contribution in [0, 0.1) is 13.8 Å². The average Bonchev–Trinajstić information content (AvgIpc) is 3.31. The molecule has 1 amide bonds. The number of rotatable bonds is 9. The molecule has 0 unspecified atom stereocenters. The highest BCUT2D eigenvalue weighted by molar-refractivity contribution is 7.89. The van der Waals surface area contributed by atoms with Gasteiger partial charge in [-0.25, -0.2) is 8.42 Å². The zero-order valence-corrected chi connectivity index (χ0v) is 19.6. The van der Waals surface area contributed by atoms with Gasteiger partial charge in [0.2, 0.25) is 15.9 Å². The fourth-order valence-corrected chi connectivity index (χ4v) is 5.31. The summed E-state index contributed by atoms with van der Waals surface area (Å²) in [7, 11) is -3.72. The lowest BCUT2D eigenvalue weighted by Crippen LogP contribution is -2.28. The Morgan fingerprint density at radius 3 is 2.38 bits per heavy atom. The Balaban J connectivity index is 1.70. The van der Waals surface area contributed by atoms with Gasteiger partial charge in [0.25, 0.3) is 0 Å². The molecule has 0 aliphatic carbocycles. The summed E-state index contributed by atoms with van der Waals surface area (Å²) in [5.74, 6) is -0.189. The quantitative estimate of drug-likeness (QED) is 0.572. The van der Waals surface area contributed by atoms with Crippen LogP contribution in [0.2, 0.25) is 0 Å². The largest absolute Gasteiger partial charge is 0.492 e. The molecule has 0 atom stereocenters. The molecule has 2 aromatic rings. The van der Waals surface area contributed by atoms with Crippen LogP contribution in [-0.4, -0.2) is 44.1 Å². The summed E-state index contributed by atoms with van der Waals surface area (Å²) in [6, 6.07) is 10.1. The number of hydrogen-bond acceptors (Lipinski definition) is 5. The molecule has 32 heavy (non-hydrogen) atoms. The van der Waals surface area contributed by atoms with Gasteiger partial charge in [-0.3, -0.25) is 9.59 Å². The van der Waals surface area contributed by atoms with Crippen molar-refractivity contribution in [1.82, 2.24) is 4.31 Å². The third-order valence-electron chi connectivity index (χ3n) is 5.62. The first-order valence-corrected chi connectivity index (χ1v) is 12.3. The van der Waals surface area contributed by atoms with Gasteiger partial charge in [0.15, 0.2) is 5.78 Å². The van der Waals surface area contributed by atoms with Gasteiger partial charge in [0.05, 0.1) is 6.61 Å². The molecular weight excluding hydrogens is 428 g/mol. The van der Waals surface area contributed by atoms with E-state index in [4.69, 9.17) is 4.74 Å². The van der Waals surface area contributed by atoms with Gasteiger partial charge in [-0.05, 0) is 69.0 Å². The number of carbonyl (C=O) groups is 2. The topological polar surface area (TPSA) is 92.8 Å². The number of nitrogens with one attached hydrogen (secondary N) is 1. The molecule has 0 radical (unpaired) electrons. The highest BCUT2D eigenvalue weighted by atomic mass is 32.2. The molecule has 0 bridgehead atoms. The highest BCUT2D eigenvalue weighted by Gasteiger charge is 2.30. The van der Waals surface area contributed by atoms with Crippen molar-refractivity contribution in [2.24, 2.45) is 0 Å². The highest BCUT2D eigenvalue weighted by Crippen LogP contribution is 2.31. The Hall–Kier alpha value is -2.71. The molecule has 3 rings (SSSR count). The number of anilines is 1. The standard InChI is InChI=1S/C24H30N2O5S/c1-4-31-22-11-9-20(16-23(22)32(29,30)26-13-5-6-14-26)25-24(28)12-10-21(27)19-8-7-17(2)18(3)15-19/h7-9,11,15-16H,4-6,10,12-14H2,1-3H3,(H,25,28). The number of nitrogens with zero attached hydrogens (tertiary/aromatic N) is 1. The molecule has 1 fully saturated rings. The third-order valence-corrected chi connectivity index (χ3v) is 7.54. The molecule has 1 aliphatic rings. The lowest BCUT2D eigenvalue weighted by atomic mass is 10.0. The van der Waals surface area contributed by atoms with E-state index < -0.39 is 10.0 Å². The van der Waals surface area contributed by atoms with Crippen molar-refractivity contribution in [1.29, 1.82) is 0 Å². The van der Waals surface area contributed by atoms with E-state index in [1.54, 1.807) is 25.1 Å². The van der Waals surface area contributed by atoms with Crippen LogP contribution in [0.25, 0.3) is 0 Å². The van der Waals surface area contributed by atoms with E-state index in [0.717, 1.165) is 24.0 Å². The molecule has 1 N–H and O–H groups in total. The molecule has 1 saturated heterocycles. The van der Waals surface area contributed by atoms with E-state index in [-0.39, 0.29) is 35.2 Å². The van der Waals surface area contributed by atoms with Crippen LogP contribution in [0.4, 0.5) is 5.69 Å². The molecule has 1 aliphatic heterocycles. The van der Waals surface area contributed by atoms with Crippen LogP contribution < -0.4 is 10.1 Å². The first kappa shape index (κ1) is 23.9. The van der Waals surface area contributed by atoms with Crippen molar-refractivity contribution in [3.8, 4) is 5.75 Å². The van der Waals surface area contributed by atoms with Crippen LogP contribution in [0.5, 0.6) is 5.75 Å². The minimum absolute atomic E-state index is 0.00712. The smallest absolute Gasteiger partial charge is 0.246 e. The number of aryl methyl sites for hydroxylation is 2. The maximum Gasteiger partial charge on any atom is 0.246 e. The van der Waals surface area contributed by atoms with Gasteiger partial charge in [-0.15, -0.1) is 0 Å². The SMILES string of the molecule is CCOc1ccc(NC(=O)CCC(=O)c2ccc(C)c(C)c2)cc1S(=O)(=O)N1CCCC1. The van der Waals surface area contributed by atoms with Gasteiger partial charge in [-0.2, -0.15) is 4.31 Å². The van der Waals surface area contributed by atoms with Crippen LogP contribution in [0.15, 0.2) is 41.3 Å². The molecule has 0 aromatic heterocycles. The predicted molar refractivity (Wildman–Crippen MR) is 124 cm³/mol. The van der Waals surface area contributed by atoms with E-state index in [9.17, 15) is 18.0 Å². The van der Waals surface area contributed by atoms with E-state index in [1.807, 2.05) is 26.0 Å². The third kappa shape index (κ3) is 5.55. The minimum atomic E-state index is -3.72. The number of ketones is 1. The number of carbonyl (C=O) groups excluding carboxylic acids is 2. The summed E-state index contributed by atoms with van der Waals surface area (Å²) in [5.41, 5.74) is 3.08. The van der Waals surface area contributed by atoms with Gasteiger partial charge in [0.1, 0.15) is 10.6 Å². The second kappa shape index (κ2) is 10.3. The fourth-order valence-electron chi connectivity index (χ4n) is 3.64. The second-order valence-electron chi connectivity index (χ2n) is 7.98. The molecule has 8 heteroatoms. The van der Waals surface area contributed by atoms with Gasteiger partial charge in [0, 0.05) is 37.2 Å². The Morgan fingerprint density at radius 1 is 1.00 bits per heavy atom. The summed E-state index contributed by atoms with van der Waals surface area (Å²) < 4.78 is 33.1. The number of ether oxygens (including phenoxy) is 1. The Morgan fingerprint density at radius 2 is 1.72 bits per heavy atom. The summed E-state index contributed by atoms with van der Waals surface area (Å²) in [6.07, 6.45) is 1.74. The molecule has 7 nitrogen and oxygen atoms in total. The zero-order chi connectivity index (χ0) is 23.3. The van der Waals surface area contributed by atoms with E-state index in [0.29, 0.717) is 30.9 Å². The number of benzene rings is 2. The van der Waals surface area contributed by atoms with Crippen molar-refractivity contribution in [3.63, 3.8) is 0 Å². The maximum atomic E-state index is 13.1. The van der Waals surface area contributed by atoms with Crippen LogP contribution in [0.1, 0.15) is 54.1 Å². The van der Waals surface area contributed by atoms with Gasteiger partial charge < -0.3 is 10.1 Å². The fraction of sp³-hybridized carbons (Fsp3) is 0.417. The first-order chi connectivity index (χ1) is 15.2. The Kier molecular flexibility index (Phi) is 7.69. The number of sulfonamides is 1. The number of hydrogen-bond donors (Lipinski definition) is 1. The molecule has 0 saturated carbocycles. The molecule has 172 valence electrons. The normalized spacial score (nSPS) is 14.3. The summed E-state index contributed by atoms with van der Waals surface area (Å²) in [5, 5.41) is 2.71. The monoisotopic (exact) mass is 458 g/mol. The van der Waals surface area contributed by atoms with Crippen molar-refractivity contribution in [2.45, 2.75) is 51.3 Å². The minimum Gasteiger partial charge on any atom is -0.492 e. The predicted octanol–water partition coefficient (Wildman–Crippen LogP) is 4.09. The van der Waals surface area contributed by atoms with Crippen molar-refractivity contribution >= 4 is 27.4 Å². The lowest BCUT2D eigenvalue weighted by molar-refractivity contribution is -0.116. The van der Waals surface area contributed by atoms with Crippen LogP contribution >= 0.6 is 0 Å². The molecule has 0 spiro atoms. The van der Waals surface area contributed by atoms with Crippen LogP contribution in [0.3, 0.4) is 0 Å². The lowest BCUT2D eigenvalue weighted by Gasteiger charge is -2.19. The second-order valence-corrected chi connectivity index (χ2v) is 9.88. The van der Waals surface area contributed by atoms with E-state index >= 15 is 0 Å². The van der Waals surface area contributed by atoms with Gasteiger partial charge in [-0.1, -0.05) is 12.1 Å². The van der Waals surface area contributed by atoms with Crippen molar-refractivity contribution in [2.75, 3.05) is 25.0 Å². The first-order valence-electron chi connectivity index (χ1n) is 10.9. The van der Waals surface area contributed by atoms with Crippen molar-refractivity contribution < 1.29 is 22.7 Å². The molecule has 2 aromatic carbocycles. The number of Topliss-reactive ketones (excluding diaryl/α,β-unsaturated/α-hetero) is 1. The van der Waals surface area contributed by atoms with E-state index in [1.165, 1.54) is 10.4 Å². The van der Waals surface area contributed by atoms with E-state index in [2.05, 4.69) is 5.32 Å². The van der Waals surface area contributed by atoms with Crippen LogP contribution in [-0.2, 0) is 14.8 Å². The maximum absolute atomic E-state index is 13.1. The summed E-state index contributed by atoms with van der Waals surface area (Å²) >= 11 is 0. The summed E-state index contributed by atoms with van der Waals surface area (Å²) in [6.45, 7) is 6.99. The average molecular weight is 459 g/mol. The summed E-state index contributed by atoms with van der Waals surface area (Å²) in [4.78, 5) is 24.9. The zero-order valence-electron chi connectivity index (χ0n) is 18.8. The Bertz CT molecular complexity index is 1110. The molecule has 1 heterocycles. The Labute approximate surface area is 189 Å². The molecular formula is C24H30N2O5S.